The highest BCUT2D eigenvalue weighted by atomic mass is 19.2. The van der Waals surface area contributed by atoms with E-state index in [0.29, 0.717) is 41.0 Å². The van der Waals surface area contributed by atoms with Crippen LogP contribution in [-0.4, -0.2) is 38.5 Å². The van der Waals surface area contributed by atoms with Crippen molar-refractivity contribution in [3.8, 4) is 0 Å². The number of halogens is 2. The van der Waals surface area contributed by atoms with E-state index in [1.54, 1.807) is 6.20 Å². The van der Waals surface area contributed by atoms with Crippen molar-refractivity contribution in [1.82, 2.24) is 24.8 Å². The van der Waals surface area contributed by atoms with E-state index in [9.17, 15) is 13.6 Å². The predicted octanol–water partition coefficient (Wildman–Crippen LogP) is 3.33. The van der Waals surface area contributed by atoms with Crippen LogP contribution in [0, 0.1) is 17.6 Å². The molecule has 2 aromatic heterocycles. The number of carbonyl (C=O) groups is 1. The van der Waals surface area contributed by atoms with Crippen LogP contribution in [0.4, 0.5) is 14.7 Å². The first-order chi connectivity index (χ1) is 17.5. The Balaban J connectivity index is 1.52. The Morgan fingerprint density at radius 1 is 1.17 bits per heavy atom. The van der Waals surface area contributed by atoms with Crippen LogP contribution in [0.1, 0.15) is 35.7 Å². The Hall–Kier alpha value is -3.92. The van der Waals surface area contributed by atoms with Crippen LogP contribution < -0.4 is 16.4 Å². The van der Waals surface area contributed by atoms with Crippen molar-refractivity contribution < 1.29 is 13.6 Å². The predicted molar refractivity (Wildman–Crippen MR) is 132 cm³/mol. The van der Waals surface area contributed by atoms with Gasteiger partial charge in [0.05, 0.1) is 6.20 Å². The van der Waals surface area contributed by atoms with Crippen LogP contribution in [0.5, 0.6) is 0 Å². The van der Waals surface area contributed by atoms with Crippen molar-refractivity contribution in [3.05, 3.63) is 83.3 Å². The molecular weight excluding hydrogens is 464 g/mol. The fraction of sp³-hybridized carbons (Fsp3) is 0.308. The van der Waals surface area contributed by atoms with Crippen molar-refractivity contribution in [3.63, 3.8) is 0 Å². The van der Waals surface area contributed by atoms with Gasteiger partial charge < -0.3 is 20.9 Å². The van der Waals surface area contributed by atoms with Gasteiger partial charge in [0.1, 0.15) is 17.3 Å². The molecule has 1 saturated heterocycles. The molecule has 0 saturated carbocycles. The number of benzene rings is 2. The topological polar surface area (TPSA) is 111 Å². The number of nitrogens with zero attached hydrogens (tertiary/aromatic N) is 4. The maximum Gasteiger partial charge on any atom is 0.232 e. The zero-order chi connectivity index (χ0) is 25.1. The fourth-order valence-corrected chi connectivity index (χ4v) is 4.68. The minimum Gasteiger partial charge on any atom is -0.369 e. The molecule has 1 amide bonds. The van der Waals surface area contributed by atoms with Gasteiger partial charge in [0.25, 0.3) is 0 Å². The third-order valence-corrected chi connectivity index (χ3v) is 6.47. The normalized spacial score (nSPS) is 16.7. The molecule has 5 rings (SSSR count). The van der Waals surface area contributed by atoms with E-state index >= 15 is 0 Å². The van der Waals surface area contributed by atoms with E-state index in [1.807, 2.05) is 34.9 Å². The molecule has 1 aliphatic heterocycles. The summed E-state index contributed by atoms with van der Waals surface area (Å²) < 4.78 is 28.8. The highest BCUT2D eigenvalue weighted by Gasteiger charge is 2.29. The summed E-state index contributed by atoms with van der Waals surface area (Å²) >= 11 is 0. The molecule has 4 aromatic rings. The summed E-state index contributed by atoms with van der Waals surface area (Å²) in [6, 6.07) is 13.1. The van der Waals surface area contributed by atoms with Gasteiger partial charge in [-0.1, -0.05) is 36.4 Å². The van der Waals surface area contributed by atoms with Crippen molar-refractivity contribution in [2.24, 2.45) is 11.7 Å². The van der Waals surface area contributed by atoms with Crippen LogP contribution in [0.2, 0.25) is 0 Å². The lowest BCUT2D eigenvalue weighted by molar-refractivity contribution is -0.118. The number of aromatic nitrogens is 4. The Bertz CT molecular complexity index is 1370. The number of imidazole rings is 1. The highest BCUT2D eigenvalue weighted by Crippen LogP contribution is 2.29. The summed E-state index contributed by atoms with van der Waals surface area (Å²) in [7, 11) is 0. The molecule has 186 valence electrons. The second-order valence-corrected chi connectivity index (χ2v) is 9.04. The van der Waals surface area contributed by atoms with Crippen molar-refractivity contribution in [1.29, 1.82) is 0 Å². The van der Waals surface area contributed by atoms with Gasteiger partial charge in [0.15, 0.2) is 17.3 Å². The van der Waals surface area contributed by atoms with Gasteiger partial charge in [0.2, 0.25) is 11.9 Å². The monoisotopic (exact) mass is 491 g/mol. The van der Waals surface area contributed by atoms with Crippen molar-refractivity contribution >= 4 is 23.0 Å². The number of fused-ring (bicyclic) bond motifs is 1. The number of amides is 1. The molecule has 3 heterocycles. The number of carbonyl (C=O) groups excluding carboxylic acids is 1. The average molecular weight is 492 g/mol. The summed E-state index contributed by atoms with van der Waals surface area (Å²) in [5, 5.41) is 6.50. The Labute approximate surface area is 207 Å². The lowest BCUT2D eigenvalue weighted by Crippen LogP contribution is -2.33. The maximum atomic E-state index is 13.6. The molecule has 36 heavy (non-hydrogen) atoms. The molecule has 1 aliphatic rings. The summed E-state index contributed by atoms with van der Waals surface area (Å²) in [6.45, 7) is 2.68. The molecule has 0 radical (unpaired) electrons. The summed E-state index contributed by atoms with van der Waals surface area (Å²) in [6.07, 6.45) is 3.71. The van der Waals surface area contributed by atoms with E-state index in [1.165, 1.54) is 6.07 Å². The van der Waals surface area contributed by atoms with Gasteiger partial charge >= 0.3 is 0 Å². The van der Waals surface area contributed by atoms with E-state index in [4.69, 9.17) is 10.7 Å². The molecule has 0 aliphatic carbocycles. The SMILES string of the molecule is NC(=O)C(c1ccccc1)c1nc2cnc(NCc3ccc(F)c(F)c3)nc2n1CC1CCCNC1. The highest BCUT2D eigenvalue weighted by molar-refractivity contribution is 5.86. The summed E-state index contributed by atoms with van der Waals surface area (Å²) in [5.74, 6) is -1.86. The quantitative estimate of drug-likeness (QED) is 0.349. The number of nitrogens with two attached hydrogens (primary N) is 1. The van der Waals surface area contributed by atoms with Gasteiger partial charge in [-0.15, -0.1) is 0 Å². The van der Waals surface area contributed by atoms with Crippen LogP contribution in [-0.2, 0) is 17.9 Å². The molecule has 2 atom stereocenters. The number of anilines is 1. The first-order valence-corrected chi connectivity index (χ1v) is 12.0. The van der Waals surface area contributed by atoms with Gasteiger partial charge in [-0.2, -0.15) is 4.98 Å². The third-order valence-electron chi connectivity index (χ3n) is 6.47. The number of hydrogen-bond donors (Lipinski definition) is 3. The zero-order valence-electron chi connectivity index (χ0n) is 19.6. The average Bonchev–Trinajstić information content (AvgIpc) is 3.23. The number of rotatable bonds is 8. The fourth-order valence-electron chi connectivity index (χ4n) is 4.68. The first-order valence-electron chi connectivity index (χ1n) is 12.0. The maximum absolute atomic E-state index is 13.6. The second-order valence-electron chi connectivity index (χ2n) is 9.04. The zero-order valence-corrected chi connectivity index (χ0v) is 19.6. The molecule has 8 nitrogen and oxygen atoms in total. The molecule has 2 unspecified atom stereocenters. The molecule has 4 N–H and O–H groups in total. The number of piperidine rings is 1. The second kappa shape index (κ2) is 10.4. The van der Waals surface area contributed by atoms with Gasteiger partial charge in [-0.25, -0.2) is 18.7 Å². The molecule has 2 aromatic carbocycles. The van der Waals surface area contributed by atoms with Crippen LogP contribution in [0.15, 0.2) is 54.7 Å². The summed E-state index contributed by atoms with van der Waals surface area (Å²) in [5.41, 5.74) is 8.32. The van der Waals surface area contributed by atoms with Crippen LogP contribution in [0.25, 0.3) is 11.2 Å². The largest absolute Gasteiger partial charge is 0.369 e. The molecule has 10 heteroatoms. The minimum absolute atomic E-state index is 0.212. The number of hydrogen-bond acceptors (Lipinski definition) is 6. The lowest BCUT2D eigenvalue weighted by atomic mass is 9.96. The van der Waals surface area contributed by atoms with Crippen LogP contribution >= 0.6 is 0 Å². The van der Waals surface area contributed by atoms with Crippen molar-refractivity contribution in [2.75, 3.05) is 18.4 Å². The Morgan fingerprint density at radius 3 is 2.72 bits per heavy atom. The molecule has 0 bridgehead atoms. The smallest absolute Gasteiger partial charge is 0.232 e. The van der Waals surface area contributed by atoms with E-state index in [2.05, 4.69) is 20.6 Å². The lowest BCUT2D eigenvalue weighted by Gasteiger charge is -2.25. The Kier molecular flexibility index (Phi) is 6.86. The van der Waals surface area contributed by atoms with E-state index in [0.717, 1.165) is 43.6 Å². The van der Waals surface area contributed by atoms with E-state index < -0.39 is 23.5 Å². The van der Waals surface area contributed by atoms with Crippen LogP contribution in [0.3, 0.4) is 0 Å². The molecular formula is C26H27F2N7O. The van der Waals surface area contributed by atoms with Gasteiger partial charge in [-0.3, -0.25) is 4.79 Å². The van der Waals surface area contributed by atoms with E-state index in [-0.39, 0.29) is 6.54 Å². The minimum atomic E-state index is -0.909. The summed E-state index contributed by atoms with van der Waals surface area (Å²) in [4.78, 5) is 26.4. The molecule has 1 fully saturated rings. The Morgan fingerprint density at radius 2 is 2.00 bits per heavy atom. The standard InChI is InChI=1S/C26H27F2N7O/c27-19-9-8-16(11-20(19)28)13-31-26-32-14-21-24(34-26)35(15-17-5-4-10-30-12-17)25(33-21)22(23(29)36)18-6-2-1-3-7-18/h1-3,6-9,11,14,17,22,30H,4-5,10,12-13,15H2,(H2,29,36)(H,31,32,34). The number of primary amides is 1. The third kappa shape index (κ3) is 5.03. The van der Waals surface area contributed by atoms with Gasteiger partial charge in [-0.05, 0) is 55.1 Å². The van der Waals surface area contributed by atoms with Gasteiger partial charge in [0, 0.05) is 13.1 Å². The first kappa shape index (κ1) is 23.8. The number of nitrogens with one attached hydrogen (secondary N) is 2. The molecule has 0 spiro atoms. The van der Waals surface area contributed by atoms with Crippen molar-refractivity contribution in [2.45, 2.75) is 31.8 Å².